The molecule has 0 amide bonds. The molecule has 0 bridgehead atoms. The molecule has 2 aromatic carbocycles. The predicted octanol–water partition coefficient (Wildman–Crippen LogP) is 8.86. The molecule has 0 saturated heterocycles. The highest BCUT2D eigenvalue weighted by Gasteiger charge is 2.39. The van der Waals surface area contributed by atoms with Crippen LogP contribution in [0.25, 0.3) is 0 Å². The summed E-state index contributed by atoms with van der Waals surface area (Å²) in [6.45, 7) is 16.1. The SMILES string of the molecule is CCCCCCC.CCN=C1C=C2Oc3cc(NCC)c(C)cc3C(c3ccc(C)cc3C(=O)O)C2C=C1C. The predicted molar refractivity (Wildman–Crippen MR) is 164 cm³/mol. The van der Waals surface area contributed by atoms with Gasteiger partial charge in [-0.3, -0.25) is 4.99 Å². The topological polar surface area (TPSA) is 70.9 Å². The number of aliphatic imine (C=N–C) groups is 1. The Bertz CT molecular complexity index is 1250. The summed E-state index contributed by atoms with van der Waals surface area (Å²) < 4.78 is 6.43. The largest absolute Gasteiger partial charge is 0.478 e. The van der Waals surface area contributed by atoms with Gasteiger partial charge < -0.3 is 15.2 Å². The van der Waals surface area contributed by atoms with Gasteiger partial charge in [0.05, 0.1) is 11.3 Å². The molecule has 210 valence electrons. The van der Waals surface area contributed by atoms with Crippen molar-refractivity contribution in [2.45, 2.75) is 86.5 Å². The molecule has 2 unspecified atom stereocenters. The number of allylic oxidation sites excluding steroid dienone is 3. The van der Waals surface area contributed by atoms with Gasteiger partial charge in [0.15, 0.2) is 0 Å². The van der Waals surface area contributed by atoms with E-state index in [0.717, 1.165) is 57.3 Å². The first kappa shape index (κ1) is 30.2. The first-order chi connectivity index (χ1) is 18.7. The Kier molecular flexibility index (Phi) is 11.0. The van der Waals surface area contributed by atoms with Crippen molar-refractivity contribution in [1.82, 2.24) is 0 Å². The van der Waals surface area contributed by atoms with Gasteiger partial charge in [-0.25, -0.2) is 4.79 Å². The fraction of sp³-hybridized carbons (Fsp3) is 0.471. The van der Waals surface area contributed by atoms with Gasteiger partial charge >= 0.3 is 5.97 Å². The van der Waals surface area contributed by atoms with Crippen LogP contribution in [0.15, 0.2) is 58.8 Å². The number of carboxylic acid groups (broad SMARTS) is 1. The Balaban J connectivity index is 0.000000532. The van der Waals surface area contributed by atoms with Crippen molar-refractivity contribution >= 4 is 17.4 Å². The number of benzene rings is 2. The maximum atomic E-state index is 12.2. The Hall–Kier alpha value is -3.34. The van der Waals surface area contributed by atoms with Crippen molar-refractivity contribution in [2.75, 3.05) is 18.4 Å². The molecule has 4 rings (SSSR count). The van der Waals surface area contributed by atoms with Crippen LogP contribution in [-0.2, 0) is 0 Å². The second kappa shape index (κ2) is 14.2. The minimum absolute atomic E-state index is 0.0940. The van der Waals surface area contributed by atoms with Crippen molar-refractivity contribution in [2.24, 2.45) is 10.9 Å². The van der Waals surface area contributed by atoms with Gasteiger partial charge in [0.25, 0.3) is 0 Å². The molecule has 5 nitrogen and oxygen atoms in total. The van der Waals surface area contributed by atoms with Crippen molar-refractivity contribution in [1.29, 1.82) is 0 Å². The van der Waals surface area contributed by atoms with Gasteiger partial charge in [0.2, 0.25) is 0 Å². The lowest BCUT2D eigenvalue weighted by Crippen LogP contribution is -2.29. The van der Waals surface area contributed by atoms with E-state index in [-0.39, 0.29) is 11.8 Å². The highest BCUT2D eigenvalue weighted by molar-refractivity contribution is 6.09. The molecule has 0 saturated carbocycles. The molecule has 2 atom stereocenters. The third-order valence-electron chi connectivity index (χ3n) is 7.40. The second-order valence-corrected chi connectivity index (χ2v) is 10.6. The number of anilines is 1. The number of hydrogen-bond donors (Lipinski definition) is 2. The summed E-state index contributed by atoms with van der Waals surface area (Å²) >= 11 is 0. The zero-order valence-electron chi connectivity index (χ0n) is 24.9. The van der Waals surface area contributed by atoms with E-state index in [1.807, 2.05) is 38.1 Å². The Morgan fingerprint density at radius 2 is 1.69 bits per heavy atom. The van der Waals surface area contributed by atoms with Crippen molar-refractivity contribution < 1.29 is 14.6 Å². The lowest BCUT2D eigenvalue weighted by atomic mass is 9.73. The van der Waals surface area contributed by atoms with Gasteiger partial charge in [-0.05, 0) is 63.5 Å². The Labute approximate surface area is 235 Å². The maximum Gasteiger partial charge on any atom is 0.335 e. The van der Waals surface area contributed by atoms with Crippen LogP contribution < -0.4 is 10.1 Å². The molecule has 0 fully saturated rings. The van der Waals surface area contributed by atoms with Crippen LogP contribution in [0.3, 0.4) is 0 Å². The number of carboxylic acids is 1. The van der Waals surface area contributed by atoms with Crippen molar-refractivity contribution in [3.63, 3.8) is 0 Å². The number of carbonyl (C=O) groups is 1. The normalized spacial score (nSPS) is 18.6. The molecule has 1 heterocycles. The van der Waals surface area contributed by atoms with E-state index >= 15 is 0 Å². The quantitative estimate of drug-likeness (QED) is 0.318. The van der Waals surface area contributed by atoms with Crippen LogP contribution in [0, 0.1) is 19.8 Å². The van der Waals surface area contributed by atoms with E-state index in [4.69, 9.17) is 4.74 Å². The molecule has 39 heavy (non-hydrogen) atoms. The van der Waals surface area contributed by atoms with E-state index in [1.54, 1.807) is 6.07 Å². The average molecular weight is 531 g/mol. The van der Waals surface area contributed by atoms with Crippen LogP contribution >= 0.6 is 0 Å². The molecule has 2 aliphatic rings. The fourth-order valence-electron chi connectivity index (χ4n) is 5.39. The summed E-state index contributed by atoms with van der Waals surface area (Å²) in [7, 11) is 0. The van der Waals surface area contributed by atoms with Crippen LogP contribution in [-0.4, -0.2) is 29.9 Å². The summed E-state index contributed by atoms with van der Waals surface area (Å²) in [5, 5.41) is 13.4. The van der Waals surface area contributed by atoms with E-state index in [1.165, 1.54) is 32.1 Å². The number of nitrogens with zero attached hydrogens (tertiary/aromatic N) is 1. The zero-order valence-corrected chi connectivity index (χ0v) is 24.9. The van der Waals surface area contributed by atoms with Crippen LogP contribution in [0.2, 0.25) is 0 Å². The highest BCUT2D eigenvalue weighted by Crippen LogP contribution is 2.50. The first-order valence-corrected chi connectivity index (χ1v) is 14.6. The van der Waals surface area contributed by atoms with Gasteiger partial charge in [-0.1, -0.05) is 69.7 Å². The summed E-state index contributed by atoms with van der Waals surface area (Å²) in [5.74, 6) is 0.406. The molecule has 0 spiro atoms. The minimum atomic E-state index is -0.909. The maximum absolute atomic E-state index is 12.2. The summed E-state index contributed by atoms with van der Waals surface area (Å²) in [6.07, 6.45) is 11.2. The van der Waals surface area contributed by atoms with Crippen molar-refractivity contribution in [3.05, 3.63) is 81.6 Å². The van der Waals surface area contributed by atoms with Crippen molar-refractivity contribution in [3.8, 4) is 5.75 Å². The molecular weight excluding hydrogens is 484 g/mol. The molecule has 1 aliphatic carbocycles. The van der Waals surface area contributed by atoms with Crippen LogP contribution in [0.1, 0.15) is 105 Å². The van der Waals surface area contributed by atoms with Gasteiger partial charge in [0, 0.05) is 48.3 Å². The third-order valence-corrected chi connectivity index (χ3v) is 7.40. The van der Waals surface area contributed by atoms with Crippen LogP contribution in [0.5, 0.6) is 5.75 Å². The van der Waals surface area contributed by atoms with Gasteiger partial charge in [0.1, 0.15) is 11.5 Å². The molecule has 0 aromatic heterocycles. The number of fused-ring (bicyclic) bond motifs is 2. The molecule has 1 aliphatic heterocycles. The number of rotatable bonds is 9. The monoisotopic (exact) mass is 530 g/mol. The molecule has 0 radical (unpaired) electrons. The standard InChI is InChI=1S/C27H30N2O3.C7H16/c1-6-28-22-13-24-20(11-16(22)4)26(18-9-8-15(3)10-19(18)27(30)31)21-12-17(5)23(29-7-2)14-25(21)32-24;1-3-5-7-6-4-2/h8-14,20,26,29H,6-7H2,1-5H3,(H,30,31);3-7H2,1-2H3. The summed E-state index contributed by atoms with van der Waals surface area (Å²) in [5.41, 5.74) is 7.23. The Morgan fingerprint density at radius 3 is 2.31 bits per heavy atom. The number of aryl methyl sites for hydroxylation is 2. The van der Waals surface area contributed by atoms with E-state index in [2.05, 4.69) is 57.1 Å². The smallest absolute Gasteiger partial charge is 0.335 e. The number of nitrogens with one attached hydrogen (secondary N) is 1. The minimum Gasteiger partial charge on any atom is -0.478 e. The zero-order chi connectivity index (χ0) is 28.5. The molecule has 2 N–H and O–H groups in total. The third kappa shape index (κ3) is 7.20. The van der Waals surface area contributed by atoms with Crippen LogP contribution in [0.4, 0.5) is 5.69 Å². The van der Waals surface area contributed by atoms with Gasteiger partial charge in [-0.15, -0.1) is 0 Å². The van der Waals surface area contributed by atoms with Gasteiger partial charge in [-0.2, -0.15) is 0 Å². The van der Waals surface area contributed by atoms with E-state index in [9.17, 15) is 9.90 Å². The average Bonchev–Trinajstić information content (AvgIpc) is 2.90. The fourth-order valence-corrected chi connectivity index (χ4v) is 5.39. The highest BCUT2D eigenvalue weighted by atomic mass is 16.5. The molecule has 5 heteroatoms. The number of ether oxygens (including phenoxy) is 1. The first-order valence-electron chi connectivity index (χ1n) is 14.6. The number of aromatic carboxylic acids is 1. The summed E-state index contributed by atoms with van der Waals surface area (Å²) in [4.78, 5) is 16.8. The number of unbranched alkanes of at least 4 members (excludes halogenated alkanes) is 4. The lowest BCUT2D eigenvalue weighted by molar-refractivity contribution is 0.0694. The summed E-state index contributed by atoms with van der Waals surface area (Å²) in [6, 6.07) is 9.89. The molecule has 2 aromatic rings. The lowest BCUT2D eigenvalue weighted by Gasteiger charge is -2.37. The second-order valence-electron chi connectivity index (χ2n) is 10.6. The molecular formula is C34H46N2O3. The van der Waals surface area contributed by atoms with E-state index in [0.29, 0.717) is 12.1 Å². The van der Waals surface area contributed by atoms with E-state index < -0.39 is 5.97 Å². The number of hydrogen-bond acceptors (Lipinski definition) is 4. The Morgan fingerprint density at radius 1 is 0.974 bits per heavy atom.